The van der Waals surface area contributed by atoms with Crippen molar-refractivity contribution in [3.63, 3.8) is 0 Å². The summed E-state index contributed by atoms with van der Waals surface area (Å²) in [6.07, 6.45) is 1.54. The molecule has 0 aliphatic heterocycles. The number of nitrogens with zero attached hydrogens (tertiary/aromatic N) is 2. The highest BCUT2D eigenvalue weighted by Crippen LogP contribution is 2.20. The van der Waals surface area contributed by atoms with Crippen molar-refractivity contribution in [3.05, 3.63) is 54.0 Å². The quantitative estimate of drug-likeness (QED) is 0.620. The molecule has 0 radical (unpaired) electrons. The molecule has 0 aliphatic rings. The first kappa shape index (κ1) is 23.2. The zero-order valence-corrected chi connectivity index (χ0v) is 18.0. The highest BCUT2D eigenvalue weighted by molar-refractivity contribution is 6.05. The van der Waals surface area contributed by atoms with Crippen LogP contribution in [0.2, 0.25) is 0 Å². The van der Waals surface area contributed by atoms with E-state index in [-0.39, 0.29) is 43.4 Å². The van der Waals surface area contributed by atoms with E-state index in [0.717, 1.165) is 0 Å². The Bertz CT molecular complexity index is 849. The van der Waals surface area contributed by atoms with E-state index in [1.807, 2.05) is 20.8 Å². The zero-order chi connectivity index (χ0) is 22.1. The highest BCUT2D eigenvalue weighted by Gasteiger charge is 2.21. The molecule has 0 aliphatic carbocycles. The molecule has 0 atom stereocenters. The Morgan fingerprint density at radius 3 is 2.43 bits per heavy atom. The molecule has 3 amide bonds. The molecule has 2 rings (SSSR count). The molecule has 0 saturated carbocycles. The summed E-state index contributed by atoms with van der Waals surface area (Å²) >= 11 is 0. The maximum atomic E-state index is 12.8. The van der Waals surface area contributed by atoms with E-state index >= 15 is 0 Å². The fourth-order valence-corrected chi connectivity index (χ4v) is 2.92. The Hall–Kier alpha value is -3.13. The molecule has 30 heavy (non-hydrogen) atoms. The van der Waals surface area contributed by atoms with E-state index in [1.165, 1.54) is 4.90 Å². The van der Waals surface area contributed by atoms with Gasteiger partial charge in [-0.15, -0.1) is 0 Å². The maximum absolute atomic E-state index is 12.8. The van der Waals surface area contributed by atoms with Crippen LogP contribution in [0.25, 0.3) is 0 Å². The van der Waals surface area contributed by atoms with Gasteiger partial charge in [0.05, 0.1) is 37.1 Å². The average Bonchev–Trinajstić information content (AvgIpc) is 3.23. The largest absolute Gasteiger partial charge is 0.467 e. The summed E-state index contributed by atoms with van der Waals surface area (Å²) < 4.78 is 5.23. The predicted molar refractivity (Wildman–Crippen MR) is 115 cm³/mol. The van der Waals surface area contributed by atoms with E-state index in [0.29, 0.717) is 23.6 Å². The zero-order valence-electron chi connectivity index (χ0n) is 18.0. The predicted octanol–water partition coefficient (Wildman–Crippen LogP) is 2.02. The Morgan fingerprint density at radius 2 is 1.80 bits per heavy atom. The molecule has 0 saturated heterocycles. The topological polar surface area (TPSA) is 94.9 Å². The SMILES string of the molecule is CCN(CC(=O)NC(C)C)CC(=O)N(C)c1ccccc1C(=O)NCc1ccco1. The van der Waals surface area contributed by atoms with Gasteiger partial charge in [-0.25, -0.2) is 0 Å². The molecule has 2 aromatic rings. The van der Waals surface area contributed by atoms with Gasteiger partial charge >= 0.3 is 0 Å². The number of furan rings is 1. The molecule has 1 heterocycles. The molecule has 1 aromatic heterocycles. The molecular formula is C22H30N4O4. The molecule has 0 spiro atoms. The first-order valence-corrected chi connectivity index (χ1v) is 9.99. The summed E-state index contributed by atoms with van der Waals surface area (Å²) in [5.41, 5.74) is 0.891. The summed E-state index contributed by atoms with van der Waals surface area (Å²) in [7, 11) is 1.63. The van der Waals surface area contributed by atoms with E-state index in [4.69, 9.17) is 4.42 Å². The van der Waals surface area contributed by atoms with Gasteiger partial charge < -0.3 is 20.0 Å². The number of hydrogen-bond acceptors (Lipinski definition) is 5. The van der Waals surface area contributed by atoms with Gasteiger partial charge in [-0.3, -0.25) is 19.3 Å². The van der Waals surface area contributed by atoms with Crippen LogP contribution in [0.3, 0.4) is 0 Å². The van der Waals surface area contributed by atoms with E-state index in [1.54, 1.807) is 54.6 Å². The Morgan fingerprint density at radius 1 is 1.07 bits per heavy atom. The molecule has 0 unspecified atom stereocenters. The van der Waals surface area contributed by atoms with Crippen LogP contribution in [0.1, 0.15) is 36.9 Å². The number of nitrogens with one attached hydrogen (secondary N) is 2. The summed E-state index contributed by atoms with van der Waals surface area (Å²) in [4.78, 5) is 40.7. The third kappa shape index (κ3) is 6.73. The van der Waals surface area contributed by atoms with Crippen molar-refractivity contribution in [3.8, 4) is 0 Å². The van der Waals surface area contributed by atoms with Gasteiger partial charge in [-0.05, 0) is 44.7 Å². The maximum Gasteiger partial charge on any atom is 0.253 e. The number of carbonyl (C=O) groups is 3. The lowest BCUT2D eigenvalue weighted by atomic mass is 10.1. The molecule has 8 nitrogen and oxygen atoms in total. The van der Waals surface area contributed by atoms with E-state index < -0.39 is 0 Å². The first-order chi connectivity index (χ1) is 14.3. The van der Waals surface area contributed by atoms with Crippen molar-refractivity contribution >= 4 is 23.4 Å². The monoisotopic (exact) mass is 414 g/mol. The molecule has 2 N–H and O–H groups in total. The number of rotatable bonds is 10. The summed E-state index contributed by atoms with van der Waals surface area (Å²) in [6, 6.07) is 10.5. The molecular weight excluding hydrogens is 384 g/mol. The number of carbonyl (C=O) groups excluding carboxylic acids is 3. The third-order valence-electron chi connectivity index (χ3n) is 4.51. The van der Waals surface area contributed by atoms with Crippen molar-refractivity contribution in [1.82, 2.24) is 15.5 Å². The van der Waals surface area contributed by atoms with Crippen LogP contribution in [0.15, 0.2) is 47.1 Å². The van der Waals surface area contributed by atoms with Crippen LogP contribution in [0, 0.1) is 0 Å². The molecule has 0 bridgehead atoms. The van der Waals surface area contributed by atoms with Crippen LogP contribution in [0.4, 0.5) is 5.69 Å². The van der Waals surface area contributed by atoms with Gasteiger partial charge in [0, 0.05) is 13.1 Å². The third-order valence-corrected chi connectivity index (χ3v) is 4.51. The minimum Gasteiger partial charge on any atom is -0.467 e. The molecule has 8 heteroatoms. The molecule has 1 aromatic carbocycles. The summed E-state index contributed by atoms with van der Waals surface area (Å²) in [5.74, 6) is 0.00863. The molecule has 162 valence electrons. The van der Waals surface area contributed by atoms with Crippen molar-refractivity contribution < 1.29 is 18.8 Å². The Kier molecular flexibility index (Phi) is 8.61. The average molecular weight is 415 g/mol. The number of anilines is 1. The lowest BCUT2D eigenvalue weighted by Gasteiger charge is -2.25. The van der Waals surface area contributed by atoms with Crippen LogP contribution in [-0.2, 0) is 16.1 Å². The molecule has 0 fully saturated rings. The van der Waals surface area contributed by atoms with Gasteiger partial charge in [0.15, 0.2) is 0 Å². The summed E-state index contributed by atoms with van der Waals surface area (Å²) in [5, 5.41) is 5.62. The standard InChI is InChI=1S/C22H30N4O4/c1-5-26(14-20(27)24-16(2)3)15-21(28)25(4)19-11-7-6-10-18(19)22(29)23-13-17-9-8-12-30-17/h6-12,16H,5,13-15H2,1-4H3,(H,23,29)(H,24,27). The fraction of sp³-hybridized carbons (Fsp3) is 0.409. The van der Waals surface area contributed by atoms with Gasteiger partial charge in [-0.1, -0.05) is 19.1 Å². The van der Waals surface area contributed by atoms with Gasteiger partial charge in [0.25, 0.3) is 5.91 Å². The lowest BCUT2D eigenvalue weighted by Crippen LogP contribution is -2.44. The Balaban J connectivity index is 2.04. The fourth-order valence-electron chi connectivity index (χ4n) is 2.92. The minimum atomic E-state index is -0.301. The number of amides is 3. The van der Waals surface area contributed by atoms with Crippen LogP contribution < -0.4 is 15.5 Å². The normalized spacial score (nSPS) is 10.9. The minimum absolute atomic E-state index is 0.0427. The number of benzene rings is 1. The van der Waals surface area contributed by atoms with Crippen LogP contribution in [-0.4, -0.2) is 55.3 Å². The summed E-state index contributed by atoms with van der Waals surface area (Å²) in [6.45, 7) is 6.69. The van der Waals surface area contributed by atoms with Gasteiger partial charge in [0.1, 0.15) is 5.76 Å². The van der Waals surface area contributed by atoms with Crippen molar-refractivity contribution in [2.75, 3.05) is 31.6 Å². The Labute approximate surface area is 177 Å². The number of likely N-dealkylation sites (N-methyl/N-ethyl adjacent to an activating group) is 2. The smallest absolute Gasteiger partial charge is 0.253 e. The van der Waals surface area contributed by atoms with E-state index in [9.17, 15) is 14.4 Å². The van der Waals surface area contributed by atoms with Crippen molar-refractivity contribution in [2.24, 2.45) is 0 Å². The van der Waals surface area contributed by atoms with E-state index in [2.05, 4.69) is 10.6 Å². The lowest BCUT2D eigenvalue weighted by molar-refractivity contribution is -0.124. The van der Waals surface area contributed by atoms with Crippen molar-refractivity contribution in [1.29, 1.82) is 0 Å². The first-order valence-electron chi connectivity index (χ1n) is 9.99. The number of hydrogen-bond donors (Lipinski definition) is 2. The van der Waals surface area contributed by atoms with Crippen molar-refractivity contribution in [2.45, 2.75) is 33.4 Å². The second kappa shape index (κ2) is 11.2. The highest BCUT2D eigenvalue weighted by atomic mass is 16.3. The second-order valence-corrected chi connectivity index (χ2v) is 7.26. The van der Waals surface area contributed by atoms with Crippen LogP contribution in [0.5, 0.6) is 0 Å². The van der Waals surface area contributed by atoms with Crippen LogP contribution >= 0.6 is 0 Å². The number of para-hydroxylation sites is 1. The van der Waals surface area contributed by atoms with Gasteiger partial charge in [0.2, 0.25) is 11.8 Å². The second-order valence-electron chi connectivity index (χ2n) is 7.26. The van der Waals surface area contributed by atoms with Gasteiger partial charge in [-0.2, -0.15) is 0 Å².